The Morgan fingerprint density at radius 2 is 2.05 bits per heavy atom. The first-order chi connectivity index (χ1) is 9.75. The summed E-state index contributed by atoms with van der Waals surface area (Å²) in [5, 5.41) is 9.08. The molecule has 0 atom stereocenters. The molecule has 21 heavy (non-hydrogen) atoms. The molecule has 0 heterocycles. The first kappa shape index (κ1) is 18.1. The number of hydrogen-bond acceptors (Lipinski definition) is 4. The van der Waals surface area contributed by atoms with Crippen LogP contribution in [0, 0.1) is 6.92 Å². The lowest BCUT2D eigenvalue weighted by molar-refractivity contribution is 0.0696. The summed E-state index contributed by atoms with van der Waals surface area (Å²) >= 11 is 3.21. The van der Waals surface area contributed by atoms with Gasteiger partial charge in [0.1, 0.15) is 0 Å². The van der Waals surface area contributed by atoms with Gasteiger partial charge >= 0.3 is 5.97 Å². The van der Waals surface area contributed by atoms with Crippen LogP contribution in [0.5, 0.6) is 0 Å². The number of sulfonamides is 1. The molecule has 0 spiro atoms. The summed E-state index contributed by atoms with van der Waals surface area (Å²) in [6.07, 6.45) is 0. The smallest absolute Gasteiger partial charge is 0.335 e. The summed E-state index contributed by atoms with van der Waals surface area (Å²) in [5.41, 5.74) is 0.407. The van der Waals surface area contributed by atoms with E-state index in [9.17, 15) is 13.2 Å². The van der Waals surface area contributed by atoms with Crippen LogP contribution in [0.15, 0.2) is 21.5 Å². The van der Waals surface area contributed by atoms with E-state index in [1.807, 2.05) is 0 Å². The van der Waals surface area contributed by atoms with E-state index in [4.69, 9.17) is 9.84 Å². The summed E-state index contributed by atoms with van der Waals surface area (Å²) in [6.45, 7) is 4.11. The SMILES string of the molecule is CCN(CCOC)S(=O)(=O)c1cc(C(=O)O)cc(Br)c1C. The van der Waals surface area contributed by atoms with Crippen molar-refractivity contribution in [3.63, 3.8) is 0 Å². The van der Waals surface area contributed by atoms with Gasteiger partial charge in [-0.3, -0.25) is 0 Å². The number of aromatic carboxylic acids is 1. The van der Waals surface area contributed by atoms with Crippen molar-refractivity contribution in [1.29, 1.82) is 0 Å². The van der Waals surface area contributed by atoms with E-state index in [-0.39, 0.29) is 30.2 Å². The van der Waals surface area contributed by atoms with Gasteiger partial charge in [0.25, 0.3) is 0 Å². The average molecular weight is 380 g/mol. The van der Waals surface area contributed by atoms with Crippen LogP contribution in [-0.4, -0.2) is 50.6 Å². The minimum absolute atomic E-state index is 0.00720. The lowest BCUT2D eigenvalue weighted by atomic mass is 10.1. The molecule has 0 aliphatic carbocycles. The lowest BCUT2D eigenvalue weighted by Gasteiger charge is -2.22. The summed E-state index contributed by atoms with van der Waals surface area (Å²) in [7, 11) is -2.28. The van der Waals surface area contributed by atoms with E-state index in [2.05, 4.69) is 15.9 Å². The maximum Gasteiger partial charge on any atom is 0.335 e. The number of carboxylic acids is 1. The molecule has 0 saturated heterocycles. The van der Waals surface area contributed by atoms with Crippen LogP contribution in [0.4, 0.5) is 0 Å². The van der Waals surface area contributed by atoms with Crippen molar-refractivity contribution in [3.05, 3.63) is 27.7 Å². The van der Waals surface area contributed by atoms with E-state index in [1.54, 1.807) is 13.8 Å². The highest BCUT2D eigenvalue weighted by molar-refractivity contribution is 9.10. The van der Waals surface area contributed by atoms with Crippen LogP contribution in [-0.2, 0) is 14.8 Å². The molecule has 1 N–H and O–H groups in total. The summed E-state index contributed by atoms with van der Waals surface area (Å²) in [6, 6.07) is 2.58. The van der Waals surface area contributed by atoms with Crippen LogP contribution >= 0.6 is 15.9 Å². The largest absolute Gasteiger partial charge is 0.478 e. The Kier molecular flexibility index (Phi) is 6.33. The molecule has 0 aliphatic rings. The quantitative estimate of drug-likeness (QED) is 0.783. The van der Waals surface area contributed by atoms with Crippen molar-refractivity contribution in [1.82, 2.24) is 4.31 Å². The second-order valence-corrected chi connectivity index (χ2v) is 7.14. The highest BCUT2D eigenvalue weighted by Gasteiger charge is 2.26. The van der Waals surface area contributed by atoms with E-state index >= 15 is 0 Å². The number of benzene rings is 1. The highest BCUT2D eigenvalue weighted by atomic mass is 79.9. The van der Waals surface area contributed by atoms with Gasteiger partial charge in [0.05, 0.1) is 17.1 Å². The zero-order valence-electron chi connectivity index (χ0n) is 12.1. The zero-order chi connectivity index (χ0) is 16.2. The van der Waals surface area contributed by atoms with Gasteiger partial charge in [-0.1, -0.05) is 22.9 Å². The average Bonchev–Trinajstić information content (AvgIpc) is 2.41. The molecule has 0 aliphatic heterocycles. The molecule has 1 aromatic carbocycles. The van der Waals surface area contributed by atoms with E-state index in [1.165, 1.54) is 23.5 Å². The molecule has 1 aromatic rings. The standard InChI is InChI=1S/C13H18BrNO5S/c1-4-15(5-6-20-3)21(18,19)12-8-10(13(16)17)7-11(14)9(12)2/h7-8H,4-6H2,1-3H3,(H,16,17). The van der Waals surface area contributed by atoms with E-state index in [0.29, 0.717) is 10.0 Å². The number of halogens is 1. The molecular formula is C13H18BrNO5S. The highest BCUT2D eigenvalue weighted by Crippen LogP contribution is 2.28. The van der Waals surface area contributed by atoms with Crippen LogP contribution in [0.25, 0.3) is 0 Å². The molecule has 0 saturated carbocycles. The molecule has 1 rings (SSSR count). The Labute approximate surface area is 132 Å². The van der Waals surface area contributed by atoms with Gasteiger partial charge in [-0.15, -0.1) is 0 Å². The number of methoxy groups -OCH3 is 1. The number of rotatable bonds is 7. The predicted octanol–water partition coefficient (Wildman–Crippen LogP) is 2.11. The summed E-state index contributed by atoms with van der Waals surface area (Å²) in [4.78, 5) is 11.1. The maximum atomic E-state index is 12.7. The van der Waals surface area contributed by atoms with Crippen molar-refractivity contribution < 1.29 is 23.1 Å². The molecule has 0 unspecified atom stereocenters. The first-order valence-electron chi connectivity index (χ1n) is 6.28. The normalized spacial score (nSPS) is 11.9. The van der Waals surface area contributed by atoms with Crippen LogP contribution in [0.1, 0.15) is 22.8 Å². The minimum atomic E-state index is -3.77. The number of nitrogens with zero attached hydrogens (tertiary/aromatic N) is 1. The van der Waals surface area contributed by atoms with E-state index in [0.717, 1.165) is 0 Å². The van der Waals surface area contributed by atoms with Crippen LogP contribution in [0.3, 0.4) is 0 Å². The van der Waals surface area contributed by atoms with Crippen LogP contribution in [0.2, 0.25) is 0 Å². The van der Waals surface area contributed by atoms with Gasteiger partial charge in [-0.25, -0.2) is 13.2 Å². The Bertz CT molecular complexity index is 630. The first-order valence-corrected chi connectivity index (χ1v) is 8.51. The lowest BCUT2D eigenvalue weighted by Crippen LogP contribution is -2.34. The molecule has 0 fully saturated rings. The fourth-order valence-electron chi connectivity index (χ4n) is 1.83. The Morgan fingerprint density at radius 3 is 2.52 bits per heavy atom. The molecule has 0 radical (unpaired) electrons. The molecular weight excluding hydrogens is 362 g/mol. The van der Waals surface area contributed by atoms with Gasteiger partial charge in [-0.2, -0.15) is 4.31 Å². The monoisotopic (exact) mass is 379 g/mol. The molecule has 118 valence electrons. The molecule has 0 amide bonds. The maximum absolute atomic E-state index is 12.7. The third kappa shape index (κ3) is 4.03. The van der Waals surface area contributed by atoms with Gasteiger partial charge in [0, 0.05) is 24.7 Å². The number of carbonyl (C=O) groups is 1. The van der Waals surface area contributed by atoms with Gasteiger partial charge in [-0.05, 0) is 24.6 Å². The number of hydrogen-bond donors (Lipinski definition) is 1. The second kappa shape index (κ2) is 7.35. The van der Waals surface area contributed by atoms with Gasteiger partial charge < -0.3 is 9.84 Å². The van der Waals surface area contributed by atoms with E-state index < -0.39 is 16.0 Å². The Balaban J connectivity index is 3.39. The van der Waals surface area contributed by atoms with Crippen molar-refractivity contribution in [2.24, 2.45) is 0 Å². The van der Waals surface area contributed by atoms with Crippen LogP contribution < -0.4 is 0 Å². The molecule has 0 aromatic heterocycles. The van der Waals surface area contributed by atoms with Crippen molar-refractivity contribution in [3.8, 4) is 0 Å². The molecule has 8 heteroatoms. The minimum Gasteiger partial charge on any atom is -0.478 e. The van der Waals surface area contributed by atoms with Gasteiger partial charge in [0.15, 0.2) is 0 Å². The van der Waals surface area contributed by atoms with Gasteiger partial charge in [0.2, 0.25) is 10.0 Å². The van der Waals surface area contributed by atoms with Crippen molar-refractivity contribution >= 4 is 31.9 Å². The number of carboxylic acid groups (broad SMARTS) is 1. The van der Waals surface area contributed by atoms with Crippen molar-refractivity contribution in [2.75, 3.05) is 26.8 Å². The van der Waals surface area contributed by atoms with Crippen molar-refractivity contribution in [2.45, 2.75) is 18.7 Å². The summed E-state index contributed by atoms with van der Waals surface area (Å²) in [5.74, 6) is -1.17. The predicted molar refractivity (Wildman–Crippen MR) is 82.1 cm³/mol. The molecule has 6 nitrogen and oxygen atoms in total. The molecule has 0 bridgehead atoms. The number of ether oxygens (including phenoxy) is 1. The Hall–Kier alpha value is -0.960. The summed E-state index contributed by atoms with van der Waals surface area (Å²) < 4.78 is 32.0. The third-order valence-electron chi connectivity index (χ3n) is 3.06. The fourth-order valence-corrected chi connectivity index (χ4v) is 4.12. The fraction of sp³-hybridized carbons (Fsp3) is 0.462. The topological polar surface area (TPSA) is 83.9 Å². The Morgan fingerprint density at radius 1 is 1.43 bits per heavy atom. The number of likely N-dealkylation sites (N-methyl/N-ethyl adjacent to an activating group) is 1. The second-order valence-electron chi connectivity index (χ2n) is 4.38. The third-order valence-corrected chi connectivity index (χ3v) is 5.98. The zero-order valence-corrected chi connectivity index (χ0v) is 14.5.